The highest BCUT2D eigenvalue weighted by Crippen LogP contribution is 2.42. The van der Waals surface area contributed by atoms with Gasteiger partial charge in [0.2, 0.25) is 0 Å². The molecule has 1 aliphatic rings. The molecule has 0 spiro atoms. The maximum atomic E-state index is 11.5. The quantitative estimate of drug-likeness (QED) is 0.676. The average molecular weight is 271 g/mol. The Balaban J connectivity index is 2.26. The lowest BCUT2D eigenvalue weighted by atomic mass is 10.2. The Labute approximate surface area is 108 Å². The second-order valence-corrected chi connectivity index (χ2v) is 5.57. The first-order valence-electron chi connectivity index (χ1n) is 5.20. The molecule has 0 saturated heterocycles. The number of rotatable bonds is 3. The number of thiophene rings is 1. The fraction of sp³-hybridized carbons (Fsp3) is 0.364. The normalized spacial score (nSPS) is 14.8. The van der Waals surface area contributed by atoms with Crippen LogP contribution in [0.2, 0.25) is 0 Å². The zero-order valence-corrected chi connectivity index (χ0v) is 11.2. The molecule has 1 aromatic heterocycles. The third-order valence-electron chi connectivity index (χ3n) is 2.35. The zero-order valence-electron chi connectivity index (χ0n) is 9.60. The van der Waals surface area contributed by atoms with E-state index in [-0.39, 0.29) is 18.1 Å². The van der Waals surface area contributed by atoms with Gasteiger partial charge in [-0.1, -0.05) is 0 Å². The van der Waals surface area contributed by atoms with Crippen LogP contribution in [0.15, 0.2) is 22.0 Å². The molecule has 0 bridgehead atoms. The molecule has 4 nitrogen and oxygen atoms in total. The van der Waals surface area contributed by atoms with Gasteiger partial charge in [0, 0.05) is 7.05 Å². The summed E-state index contributed by atoms with van der Waals surface area (Å²) in [6.07, 6.45) is 0.0977. The number of esters is 1. The molecule has 0 unspecified atom stereocenters. The lowest BCUT2D eigenvalue weighted by Crippen LogP contribution is -2.19. The van der Waals surface area contributed by atoms with Gasteiger partial charge in [-0.25, -0.2) is 0 Å². The van der Waals surface area contributed by atoms with Crippen LogP contribution in [0.4, 0.5) is 0 Å². The summed E-state index contributed by atoms with van der Waals surface area (Å²) in [5.41, 5.74) is 0.600. The van der Waals surface area contributed by atoms with Gasteiger partial charge in [0.25, 0.3) is 0 Å². The van der Waals surface area contributed by atoms with Crippen LogP contribution in [-0.2, 0) is 9.53 Å². The maximum Gasteiger partial charge on any atom is 0.311 e. The van der Waals surface area contributed by atoms with Crippen molar-refractivity contribution in [3.05, 3.63) is 22.0 Å². The summed E-state index contributed by atoms with van der Waals surface area (Å²) in [4.78, 5) is 13.3. The molecule has 0 amide bonds. The molecule has 6 heteroatoms. The molecule has 1 aliphatic heterocycles. The molecule has 0 saturated carbocycles. The SMILES string of the molecule is CCOC(=O)CC1=C(O)c2sccc2SN1C. The molecule has 0 aliphatic carbocycles. The number of ether oxygens (including phenoxy) is 1. The lowest BCUT2D eigenvalue weighted by molar-refractivity contribution is -0.142. The van der Waals surface area contributed by atoms with E-state index < -0.39 is 0 Å². The standard InChI is InChI=1S/C11H13NO3S2/c1-3-15-9(13)6-7-10(14)11-8(4-5-16-11)17-12(7)2/h4-5,14H,3,6H2,1-2H3. The highest BCUT2D eigenvalue weighted by atomic mass is 32.2. The van der Waals surface area contributed by atoms with Crippen molar-refractivity contribution in [2.24, 2.45) is 0 Å². The summed E-state index contributed by atoms with van der Waals surface area (Å²) in [6.45, 7) is 2.12. The number of nitrogens with zero attached hydrogens (tertiary/aromatic N) is 1. The number of hydrogen-bond acceptors (Lipinski definition) is 6. The van der Waals surface area contributed by atoms with Crippen LogP contribution in [0.25, 0.3) is 5.76 Å². The van der Waals surface area contributed by atoms with E-state index >= 15 is 0 Å². The minimum atomic E-state index is -0.318. The number of hydrogen-bond donors (Lipinski definition) is 1. The molecule has 0 fully saturated rings. The smallest absolute Gasteiger partial charge is 0.311 e. The Morgan fingerprint density at radius 3 is 3.06 bits per heavy atom. The number of aliphatic hydroxyl groups excluding tert-OH is 1. The van der Waals surface area contributed by atoms with Crippen LogP contribution in [-0.4, -0.2) is 29.0 Å². The molecule has 1 N–H and O–H groups in total. The van der Waals surface area contributed by atoms with Gasteiger partial charge in [0.15, 0.2) is 5.76 Å². The molecule has 17 heavy (non-hydrogen) atoms. The van der Waals surface area contributed by atoms with Gasteiger partial charge in [0.05, 0.1) is 28.5 Å². The average Bonchev–Trinajstić information content (AvgIpc) is 2.72. The van der Waals surface area contributed by atoms with Gasteiger partial charge >= 0.3 is 5.97 Å². The molecule has 2 heterocycles. The van der Waals surface area contributed by atoms with Crippen LogP contribution < -0.4 is 0 Å². The predicted octanol–water partition coefficient (Wildman–Crippen LogP) is 2.88. The van der Waals surface area contributed by atoms with E-state index in [0.717, 1.165) is 9.77 Å². The van der Waals surface area contributed by atoms with E-state index in [1.54, 1.807) is 11.2 Å². The van der Waals surface area contributed by atoms with E-state index in [1.807, 2.05) is 18.5 Å². The Morgan fingerprint density at radius 2 is 2.35 bits per heavy atom. The van der Waals surface area contributed by atoms with Crippen molar-refractivity contribution in [2.45, 2.75) is 18.2 Å². The molecule has 0 aromatic carbocycles. The van der Waals surface area contributed by atoms with Crippen LogP contribution in [0, 0.1) is 0 Å². The van der Waals surface area contributed by atoms with E-state index in [9.17, 15) is 9.90 Å². The fourth-order valence-corrected chi connectivity index (χ4v) is 3.53. The lowest BCUT2D eigenvalue weighted by Gasteiger charge is -2.26. The number of carbonyl (C=O) groups is 1. The summed E-state index contributed by atoms with van der Waals surface area (Å²) in [5.74, 6) is -0.134. The summed E-state index contributed by atoms with van der Waals surface area (Å²) in [7, 11) is 1.83. The van der Waals surface area contributed by atoms with Crippen molar-refractivity contribution in [3.63, 3.8) is 0 Å². The largest absolute Gasteiger partial charge is 0.505 e. The second kappa shape index (κ2) is 5.01. The topological polar surface area (TPSA) is 49.8 Å². The third-order valence-corrected chi connectivity index (χ3v) is 4.43. The van der Waals surface area contributed by atoms with Gasteiger partial charge in [-0.05, 0) is 30.3 Å². The Kier molecular flexibility index (Phi) is 3.63. The van der Waals surface area contributed by atoms with Gasteiger partial charge in [-0.3, -0.25) is 4.79 Å². The minimum Gasteiger partial charge on any atom is -0.505 e. The van der Waals surface area contributed by atoms with E-state index in [2.05, 4.69) is 0 Å². The first kappa shape index (κ1) is 12.3. The summed E-state index contributed by atoms with van der Waals surface area (Å²) >= 11 is 2.98. The van der Waals surface area contributed by atoms with Gasteiger partial charge < -0.3 is 14.1 Å². The fourth-order valence-electron chi connectivity index (χ4n) is 1.57. The zero-order chi connectivity index (χ0) is 12.4. The van der Waals surface area contributed by atoms with Crippen LogP contribution in [0.3, 0.4) is 0 Å². The molecule has 0 radical (unpaired) electrons. The first-order chi connectivity index (χ1) is 8.13. The van der Waals surface area contributed by atoms with Crippen molar-refractivity contribution in [2.75, 3.05) is 13.7 Å². The molecule has 0 atom stereocenters. The monoisotopic (exact) mass is 271 g/mol. The third kappa shape index (κ3) is 2.42. The van der Waals surface area contributed by atoms with Crippen molar-refractivity contribution in [1.82, 2.24) is 4.31 Å². The summed E-state index contributed by atoms with van der Waals surface area (Å²) in [5, 5.41) is 12.1. The van der Waals surface area contributed by atoms with Crippen molar-refractivity contribution in [3.8, 4) is 0 Å². The highest BCUT2D eigenvalue weighted by Gasteiger charge is 2.26. The minimum absolute atomic E-state index is 0.0977. The van der Waals surface area contributed by atoms with E-state index in [1.165, 1.54) is 23.3 Å². The summed E-state index contributed by atoms with van der Waals surface area (Å²) < 4.78 is 6.70. The van der Waals surface area contributed by atoms with Gasteiger partial charge in [0.1, 0.15) is 0 Å². The number of carbonyl (C=O) groups excluding carboxylic acids is 1. The van der Waals surface area contributed by atoms with Crippen molar-refractivity contribution < 1.29 is 14.6 Å². The Morgan fingerprint density at radius 1 is 1.59 bits per heavy atom. The molecule has 92 valence electrons. The van der Waals surface area contributed by atoms with Gasteiger partial charge in [-0.2, -0.15) is 0 Å². The summed E-state index contributed by atoms with van der Waals surface area (Å²) in [6, 6.07) is 1.96. The van der Waals surface area contributed by atoms with Crippen LogP contribution in [0.1, 0.15) is 18.2 Å². The molecular formula is C11H13NO3S2. The predicted molar refractivity (Wildman–Crippen MR) is 68.7 cm³/mol. The number of aliphatic hydroxyl groups is 1. The Hall–Kier alpha value is -1.14. The van der Waals surface area contributed by atoms with Crippen molar-refractivity contribution in [1.29, 1.82) is 0 Å². The van der Waals surface area contributed by atoms with E-state index in [4.69, 9.17) is 4.74 Å². The maximum absolute atomic E-state index is 11.5. The molecule has 2 rings (SSSR count). The van der Waals surface area contributed by atoms with Crippen molar-refractivity contribution >= 4 is 35.0 Å². The number of fused-ring (bicyclic) bond motifs is 1. The molecular weight excluding hydrogens is 258 g/mol. The first-order valence-corrected chi connectivity index (χ1v) is 6.86. The second-order valence-electron chi connectivity index (χ2n) is 3.48. The van der Waals surface area contributed by atoms with Crippen LogP contribution >= 0.6 is 23.3 Å². The Bertz CT molecular complexity index is 467. The highest BCUT2D eigenvalue weighted by molar-refractivity contribution is 7.97. The van der Waals surface area contributed by atoms with E-state index in [0.29, 0.717) is 12.3 Å². The van der Waals surface area contributed by atoms with Gasteiger partial charge in [-0.15, -0.1) is 11.3 Å². The van der Waals surface area contributed by atoms with Crippen LogP contribution in [0.5, 0.6) is 0 Å². The molecule has 1 aromatic rings.